The van der Waals surface area contributed by atoms with Gasteiger partial charge in [0.15, 0.2) is 0 Å². The van der Waals surface area contributed by atoms with Gasteiger partial charge in [0, 0.05) is 13.8 Å². The number of ether oxygens (including phenoxy) is 1. The Balaban J connectivity index is 4.26. The van der Waals surface area contributed by atoms with Gasteiger partial charge in [-0.3, -0.25) is 4.79 Å². The third kappa shape index (κ3) is 4.44. The highest BCUT2D eigenvalue weighted by Gasteiger charge is 2.22. The van der Waals surface area contributed by atoms with E-state index in [0.29, 0.717) is 6.42 Å². The van der Waals surface area contributed by atoms with Crippen LogP contribution in [0.15, 0.2) is 0 Å². The summed E-state index contributed by atoms with van der Waals surface area (Å²) in [5, 5.41) is 0.290. The number of nitrogens with zero attached hydrogens (tertiary/aromatic N) is 1. The fourth-order valence-corrected chi connectivity index (χ4v) is 0.607. The quantitative estimate of drug-likeness (QED) is 0.622. The largest absolute Gasteiger partial charge is 0.451 e. The Bertz CT molecular complexity index is 238. The molecule has 0 bridgehead atoms. The molecule has 0 saturated carbocycles. The van der Waals surface area contributed by atoms with Crippen molar-refractivity contribution in [3.8, 4) is 0 Å². The van der Waals surface area contributed by atoms with Crippen molar-refractivity contribution in [3.05, 3.63) is 0 Å². The molecule has 6 nitrogen and oxygen atoms in total. The lowest BCUT2D eigenvalue weighted by Gasteiger charge is -2.15. The molecule has 0 rings (SSSR count). The Morgan fingerprint density at radius 1 is 1.21 bits per heavy atom. The highest BCUT2D eigenvalue weighted by atomic mass is 16.8. The van der Waals surface area contributed by atoms with Crippen LogP contribution in [0.2, 0.25) is 0 Å². The average Bonchev–Trinajstić information content (AvgIpc) is 2.09. The SMILES string of the molecule is CCCOC(=O)N(OC(C)=O)C(C)=O. The summed E-state index contributed by atoms with van der Waals surface area (Å²) in [6.07, 6.45) is -0.355. The van der Waals surface area contributed by atoms with E-state index >= 15 is 0 Å². The highest BCUT2D eigenvalue weighted by Crippen LogP contribution is 1.98. The van der Waals surface area contributed by atoms with Gasteiger partial charge in [-0.1, -0.05) is 12.0 Å². The maximum Gasteiger partial charge on any atom is 0.451 e. The number of imide groups is 1. The van der Waals surface area contributed by atoms with Gasteiger partial charge in [0.25, 0.3) is 5.91 Å². The maximum absolute atomic E-state index is 11.1. The van der Waals surface area contributed by atoms with Crippen LogP contribution in [-0.4, -0.2) is 29.6 Å². The minimum Gasteiger partial charge on any atom is -0.447 e. The molecule has 14 heavy (non-hydrogen) atoms. The van der Waals surface area contributed by atoms with E-state index in [4.69, 9.17) is 0 Å². The average molecular weight is 203 g/mol. The van der Waals surface area contributed by atoms with Crippen LogP contribution >= 0.6 is 0 Å². The number of hydroxylamine groups is 2. The van der Waals surface area contributed by atoms with Crippen LogP contribution in [0.25, 0.3) is 0 Å². The lowest BCUT2D eigenvalue weighted by atomic mass is 10.5. The summed E-state index contributed by atoms with van der Waals surface area (Å²) >= 11 is 0. The molecule has 6 heteroatoms. The molecule has 0 aliphatic rings. The smallest absolute Gasteiger partial charge is 0.447 e. The zero-order valence-electron chi connectivity index (χ0n) is 8.40. The molecule has 0 saturated heterocycles. The molecule has 0 unspecified atom stereocenters. The number of carbonyl (C=O) groups excluding carboxylic acids is 3. The predicted octanol–water partition coefficient (Wildman–Crippen LogP) is 0.860. The molecule has 0 spiro atoms. The summed E-state index contributed by atoms with van der Waals surface area (Å²) < 4.78 is 4.60. The lowest BCUT2D eigenvalue weighted by molar-refractivity contribution is -0.187. The maximum atomic E-state index is 11.1. The fourth-order valence-electron chi connectivity index (χ4n) is 0.607. The number of hydrogen-bond acceptors (Lipinski definition) is 5. The number of carbonyl (C=O) groups is 3. The van der Waals surface area contributed by atoms with Gasteiger partial charge in [-0.15, -0.1) is 0 Å². The topological polar surface area (TPSA) is 72.9 Å². The first kappa shape index (κ1) is 12.4. The van der Waals surface area contributed by atoms with Crippen LogP contribution in [0.3, 0.4) is 0 Å². The van der Waals surface area contributed by atoms with Crippen LogP contribution in [0, 0.1) is 0 Å². The van der Waals surface area contributed by atoms with Crippen molar-refractivity contribution < 1.29 is 24.0 Å². The third-order valence-corrected chi connectivity index (χ3v) is 1.10. The Morgan fingerprint density at radius 3 is 2.14 bits per heavy atom. The van der Waals surface area contributed by atoms with E-state index in [1.54, 1.807) is 6.92 Å². The van der Waals surface area contributed by atoms with Crippen molar-refractivity contribution in [1.29, 1.82) is 0 Å². The monoisotopic (exact) mass is 203 g/mol. The first-order valence-electron chi connectivity index (χ1n) is 4.15. The molecule has 0 aliphatic carbocycles. The molecule has 0 aliphatic heterocycles. The summed E-state index contributed by atoms with van der Waals surface area (Å²) in [6.45, 7) is 4.15. The molecule has 0 N–H and O–H groups in total. The predicted molar refractivity (Wildman–Crippen MR) is 45.9 cm³/mol. The van der Waals surface area contributed by atoms with E-state index in [9.17, 15) is 14.4 Å². The molecule has 0 aromatic rings. The van der Waals surface area contributed by atoms with Crippen LogP contribution < -0.4 is 0 Å². The van der Waals surface area contributed by atoms with Crippen molar-refractivity contribution in [2.45, 2.75) is 27.2 Å². The van der Waals surface area contributed by atoms with Gasteiger partial charge in [0.2, 0.25) is 0 Å². The molecular weight excluding hydrogens is 190 g/mol. The molecule has 2 amide bonds. The summed E-state index contributed by atoms with van der Waals surface area (Å²) in [5.74, 6) is -1.46. The normalized spacial score (nSPS) is 9.07. The Hall–Kier alpha value is -1.59. The first-order chi connectivity index (χ1) is 6.49. The second-order valence-corrected chi connectivity index (χ2v) is 2.51. The van der Waals surface area contributed by atoms with E-state index < -0.39 is 18.0 Å². The molecule has 0 heterocycles. The van der Waals surface area contributed by atoms with Gasteiger partial charge in [-0.2, -0.15) is 0 Å². The molecule has 0 aromatic heterocycles. The van der Waals surface area contributed by atoms with Crippen molar-refractivity contribution in [3.63, 3.8) is 0 Å². The van der Waals surface area contributed by atoms with Crippen LogP contribution in [0.4, 0.5) is 4.79 Å². The second kappa shape index (κ2) is 5.95. The summed E-state index contributed by atoms with van der Waals surface area (Å²) in [7, 11) is 0. The van der Waals surface area contributed by atoms with Gasteiger partial charge in [0.1, 0.15) is 0 Å². The van der Waals surface area contributed by atoms with Crippen LogP contribution in [-0.2, 0) is 19.2 Å². The van der Waals surface area contributed by atoms with Crippen molar-refractivity contribution >= 4 is 18.0 Å². The van der Waals surface area contributed by atoms with Gasteiger partial charge in [-0.25, -0.2) is 9.59 Å². The van der Waals surface area contributed by atoms with Gasteiger partial charge < -0.3 is 9.57 Å². The van der Waals surface area contributed by atoms with E-state index in [2.05, 4.69) is 9.57 Å². The van der Waals surface area contributed by atoms with E-state index in [1.807, 2.05) is 0 Å². The number of amides is 2. The van der Waals surface area contributed by atoms with Crippen molar-refractivity contribution in [2.75, 3.05) is 6.61 Å². The van der Waals surface area contributed by atoms with Crippen molar-refractivity contribution in [2.24, 2.45) is 0 Å². The van der Waals surface area contributed by atoms with Crippen LogP contribution in [0.1, 0.15) is 27.2 Å². The number of hydrogen-bond donors (Lipinski definition) is 0. The fraction of sp³-hybridized carbons (Fsp3) is 0.625. The third-order valence-electron chi connectivity index (χ3n) is 1.10. The molecule has 0 fully saturated rings. The van der Waals surface area contributed by atoms with E-state index in [-0.39, 0.29) is 11.7 Å². The molecule has 0 atom stereocenters. The Labute approximate surface area is 81.7 Å². The second-order valence-electron chi connectivity index (χ2n) is 2.51. The van der Waals surface area contributed by atoms with Gasteiger partial charge >= 0.3 is 12.1 Å². The van der Waals surface area contributed by atoms with E-state index in [0.717, 1.165) is 13.8 Å². The first-order valence-corrected chi connectivity index (χ1v) is 4.15. The zero-order chi connectivity index (χ0) is 11.1. The van der Waals surface area contributed by atoms with Gasteiger partial charge in [0.05, 0.1) is 6.61 Å². The molecule has 0 aromatic carbocycles. The lowest BCUT2D eigenvalue weighted by Crippen LogP contribution is -2.37. The summed E-state index contributed by atoms with van der Waals surface area (Å²) in [6, 6.07) is 0. The highest BCUT2D eigenvalue weighted by molar-refractivity contribution is 5.90. The zero-order valence-corrected chi connectivity index (χ0v) is 8.40. The molecule has 0 radical (unpaired) electrons. The van der Waals surface area contributed by atoms with Crippen LogP contribution in [0.5, 0.6) is 0 Å². The van der Waals surface area contributed by atoms with E-state index in [1.165, 1.54) is 0 Å². The minimum atomic E-state index is -0.977. The Kier molecular flexibility index (Phi) is 5.28. The molecular formula is C8H13NO5. The van der Waals surface area contributed by atoms with Crippen molar-refractivity contribution in [1.82, 2.24) is 5.06 Å². The standard InChI is InChI=1S/C8H13NO5/c1-4-5-13-8(12)9(6(2)10)14-7(3)11/h4-5H2,1-3H3. The summed E-state index contributed by atoms with van der Waals surface area (Å²) in [4.78, 5) is 36.8. The summed E-state index contributed by atoms with van der Waals surface area (Å²) in [5.41, 5.74) is 0. The minimum absolute atomic E-state index is 0.171. The molecule has 80 valence electrons. The van der Waals surface area contributed by atoms with Gasteiger partial charge in [-0.05, 0) is 6.42 Å². The Morgan fingerprint density at radius 2 is 1.79 bits per heavy atom. The number of rotatable bonds is 2.